The number of rotatable bonds is 1. The van der Waals surface area contributed by atoms with Crippen LogP contribution in [-0.4, -0.2) is 15.2 Å². The molecule has 0 aliphatic heterocycles. The van der Waals surface area contributed by atoms with E-state index in [1.165, 1.54) is 23.2 Å². The molecule has 1 aliphatic rings. The molecule has 1 unspecified atom stereocenters. The van der Waals surface area contributed by atoms with Gasteiger partial charge in [0, 0.05) is 12.1 Å². The fraction of sp³-hybridized carbons (Fsp3) is 0.400. The van der Waals surface area contributed by atoms with Crippen molar-refractivity contribution in [3.05, 3.63) is 51.0 Å². The van der Waals surface area contributed by atoms with Crippen LogP contribution in [0.15, 0.2) is 18.3 Å². The second kappa shape index (κ2) is 4.85. The summed E-state index contributed by atoms with van der Waals surface area (Å²) in [6.45, 7) is 4.17. The number of pyridine rings is 1. The molecule has 1 atom stereocenters. The Morgan fingerprint density at radius 3 is 2.95 bits per heavy atom. The van der Waals surface area contributed by atoms with E-state index in [-0.39, 0.29) is 0 Å². The van der Waals surface area contributed by atoms with Gasteiger partial charge in [0.25, 0.3) is 0 Å². The second-order valence-corrected chi connectivity index (χ2v) is 5.59. The summed E-state index contributed by atoms with van der Waals surface area (Å²) < 4.78 is 0.735. The third kappa shape index (κ3) is 2.10. The van der Waals surface area contributed by atoms with Crippen molar-refractivity contribution in [1.29, 1.82) is 0 Å². The van der Waals surface area contributed by atoms with Crippen LogP contribution in [0.3, 0.4) is 0 Å². The number of aromatic amines is 1. The number of hydrogen-bond donors (Lipinski definition) is 1. The molecule has 0 fully saturated rings. The first-order chi connectivity index (χ1) is 9.18. The molecule has 3 rings (SSSR count). The summed E-state index contributed by atoms with van der Waals surface area (Å²) in [5.41, 5.74) is 5.98. The Hall–Kier alpha value is -1.55. The van der Waals surface area contributed by atoms with Gasteiger partial charge in [0.1, 0.15) is 4.64 Å². The van der Waals surface area contributed by atoms with Gasteiger partial charge in [-0.1, -0.05) is 18.3 Å². The first-order valence-electron chi connectivity index (χ1n) is 6.68. The van der Waals surface area contributed by atoms with E-state index in [1.807, 2.05) is 12.3 Å². The number of hydrogen-bond acceptors (Lipinski definition) is 3. The van der Waals surface area contributed by atoms with Crippen LogP contribution in [0, 0.1) is 18.5 Å². The summed E-state index contributed by atoms with van der Waals surface area (Å²) in [6.07, 6.45) is 5.31. The summed E-state index contributed by atoms with van der Waals surface area (Å²) in [5.74, 6) is 0.301. The Morgan fingerprint density at radius 1 is 1.26 bits per heavy atom. The van der Waals surface area contributed by atoms with E-state index in [0.717, 1.165) is 28.7 Å². The molecule has 2 aromatic rings. The maximum Gasteiger partial charge on any atom is 0.122 e. The summed E-state index contributed by atoms with van der Waals surface area (Å²) in [7, 11) is 0. The van der Waals surface area contributed by atoms with E-state index in [0.29, 0.717) is 5.92 Å². The van der Waals surface area contributed by atoms with Gasteiger partial charge in [0.2, 0.25) is 0 Å². The van der Waals surface area contributed by atoms with Crippen molar-refractivity contribution in [1.82, 2.24) is 15.2 Å². The van der Waals surface area contributed by atoms with E-state index >= 15 is 0 Å². The fourth-order valence-corrected chi connectivity index (χ4v) is 3.05. The number of aryl methyl sites for hydroxylation is 1. The van der Waals surface area contributed by atoms with Crippen LogP contribution in [0.2, 0.25) is 0 Å². The Bertz CT molecular complexity index is 675. The van der Waals surface area contributed by atoms with Crippen molar-refractivity contribution >= 4 is 12.2 Å². The van der Waals surface area contributed by atoms with Crippen molar-refractivity contribution in [3.63, 3.8) is 0 Å². The molecule has 2 aromatic heterocycles. The summed E-state index contributed by atoms with van der Waals surface area (Å²) >= 11 is 5.25. The molecule has 0 saturated carbocycles. The highest BCUT2D eigenvalue weighted by atomic mass is 32.1. The third-order valence-corrected chi connectivity index (χ3v) is 4.49. The minimum Gasteiger partial charge on any atom is -0.267 e. The standard InChI is InChI=1S/C15H17N3S/c1-9-10(2)15(19)18-17-13(9)12-7-3-5-11-6-4-8-16-14(11)12/h4,6,8,12H,3,5,7H2,1-2H3,(H,18,19). The van der Waals surface area contributed by atoms with E-state index in [9.17, 15) is 0 Å². The lowest BCUT2D eigenvalue weighted by Crippen LogP contribution is -2.16. The SMILES string of the molecule is Cc1c(C2CCCc3cccnc32)n[nH]c(=S)c1C. The van der Waals surface area contributed by atoms with Crippen molar-refractivity contribution < 1.29 is 0 Å². The Labute approximate surface area is 118 Å². The number of nitrogens with one attached hydrogen (secondary N) is 1. The van der Waals surface area contributed by atoms with Gasteiger partial charge in [-0.05, 0) is 55.9 Å². The molecular formula is C15H17N3S. The van der Waals surface area contributed by atoms with Gasteiger partial charge >= 0.3 is 0 Å². The number of aromatic nitrogens is 3. The smallest absolute Gasteiger partial charge is 0.122 e. The van der Waals surface area contributed by atoms with Crippen molar-refractivity contribution in [3.8, 4) is 0 Å². The highest BCUT2D eigenvalue weighted by Crippen LogP contribution is 2.35. The first kappa shape index (κ1) is 12.5. The zero-order valence-corrected chi connectivity index (χ0v) is 12.0. The molecule has 2 heterocycles. The Balaban J connectivity index is 2.14. The zero-order valence-electron chi connectivity index (χ0n) is 11.2. The van der Waals surface area contributed by atoms with Crippen LogP contribution < -0.4 is 0 Å². The topological polar surface area (TPSA) is 41.6 Å². The van der Waals surface area contributed by atoms with Gasteiger partial charge in [0.05, 0.1) is 11.4 Å². The summed E-state index contributed by atoms with van der Waals surface area (Å²) in [4.78, 5) is 4.59. The lowest BCUT2D eigenvalue weighted by atomic mass is 9.83. The minimum absolute atomic E-state index is 0.301. The normalized spacial score (nSPS) is 18.1. The molecule has 4 heteroatoms. The van der Waals surface area contributed by atoms with Gasteiger partial charge in [-0.2, -0.15) is 5.10 Å². The Kier molecular flexibility index (Phi) is 3.19. The van der Waals surface area contributed by atoms with E-state index in [1.54, 1.807) is 0 Å². The molecule has 0 radical (unpaired) electrons. The van der Waals surface area contributed by atoms with Crippen molar-refractivity contribution in [2.24, 2.45) is 0 Å². The van der Waals surface area contributed by atoms with Crippen LogP contribution in [0.25, 0.3) is 0 Å². The highest BCUT2D eigenvalue weighted by molar-refractivity contribution is 7.71. The number of nitrogens with zero attached hydrogens (tertiary/aromatic N) is 2. The molecule has 3 nitrogen and oxygen atoms in total. The molecule has 98 valence electrons. The second-order valence-electron chi connectivity index (χ2n) is 5.18. The molecule has 0 saturated heterocycles. The first-order valence-corrected chi connectivity index (χ1v) is 7.09. The predicted octanol–water partition coefficient (Wildman–Crippen LogP) is 3.62. The molecule has 19 heavy (non-hydrogen) atoms. The average Bonchev–Trinajstić information content (AvgIpc) is 2.45. The third-order valence-electron chi connectivity index (χ3n) is 4.09. The van der Waals surface area contributed by atoms with E-state index in [4.69, 9.17) is 12.2 Å². The van der Waals surface area contributed by atoms with Crippen LogP contribution in [0.1, 0.15) is 46.8 Å². The molecule has 0 aromatic carbocycles. The highest BCUT2D eigenvalue weighted by Gasteiger charge is 2.26. The number of fused-ring (bicyclic) bond motifs is 1. The quantitative estimate of drug-likeness (QED) is 0.805. The van der Waals surface area contributed by atoms with Crippen molar-refractivity contribution in [2.75, 3.05) is 0 Å². The largest absolute Gasteiger partial charge is 0.267 e. The molecule has 0 amide bonds. The van der Waals surface area contributed by atoms with Gasteiger partial charge in [0.15, 0.2) is 0 Å². The van der Waals surface area contributed by atoms with Gasteiger partial charge in [-0.25, -0.2) is 0 Å². The van der Waals surface area contributed by atoms with E-state index < -0.39 is 0 Å². The Morgan fingerprint density at radius 2 is 2.11 bits per heavy atom. The van der Waals surface area contributed by atoms with Crippen LogP contribution in [0.4, 0.5) is 0 Å². The number of H-pyrrole nitrogens is 1. The molecule has 0 bridgehead atoms. The lowest BCUT2D eigenvalue weighted by Gasteiger charge is -2.25. The van der Waals surface area contributed by atoms with Crippen LogP contribution in [0.5, 0.6) is 0 Å². The maximum absolute atomic E-state index is 5.25. The molecular weight excluding hydrogens is 254 g/mol. The van der Waals surface area contributed by atoms with Gasteiger partial charge in [-0.3, -0.25) is 10.1 Å². The lowest BCUT2D eigenvalue weighted by molar-refractivity contribution is 0.577. The average molecular weight is 271 g/mol. The van der Waals surface area contributed by atoms with Crippen molar-refractivity contribution in [2.45, 2.75) is 39.0 Å². The summed E-state index contributed by atoms with van der Waals surface area (Å²) in [5, 5.41) is 7.47. The maximum atomic E-state index is 5.25. The molecule has 1 N–H and O–H groups in total. The monoisotopic (exact) mass is 271 g/mol. The van der Waals surface area contributed by atoms with E-state index in [2.05, 4.69) is 35.1 Å². The zero-order chi connectivity index (χ0) is 13.4. The predicted molar refractivity (Wildman–Crippen MR) is 77.9 cm³/mol. The fourth-order valence-electron chi connectivity index (χ4n) is 2.86. The van der Waals surface area contributed by atoms with Gasteiger partial charge in [-0.15, -0.1) is 0 Å². The molecule has 0 spiro atoms. The van der Waals surface area contributed by atoms with Crippen LogP contribution >= 0.6 is 12.2 Å². The minimum atomic E-state index is 0.301. The van der Waals surface area contributed by atoms with Gasteiger partial charge < -0.3 is 0 Å². The summed E-state index contributed by atoms with van der Waals surface area (Å²) in [6, 6.07) is 4.20. The van der Waals surface area contributed by atoms with Crippen LogP contribution in [-0.2, 0) is 6.42 Å². The molecule has 1 aliphatic carbocycles.